The van der Waals surface area contributed by atoms with Crippen LogP contribution in [0.1, 0.15) is 23.1 Å². The number of fused-ring (bicyclic) bond motifs is 2. The summed E-state index contributed by atoms with van der Waals surface area (Å²) in [4.78, 5) is 12.4. The van der Waals surface area contributed by atoms with Crippen molar-refractivity contribution in [3.05, 3.63) is 52.0 Å². The van der Waals surface area contributed by atoms with E-state index in [9.17, 15) is 13.2 Å². The van der Waals surface area contributed by atoms with Gasteiger partial charge in [0.1, 0.15) is 5.75 Å². The molecule has 136 valence electrons. The molecule has 0 saturated carbocycles. The number of carbonyl (C=O) groups is 1. The largest absolute Gasteiger partial charge is 0.491 e. The molecule has 0 radical (unpaired) electrons. The van der Waals surface area contributed by atoms with Crippen LogP contribution in [0.15, 0.2) is 35.2 Å². The smallest absolute Gasteiger partial charge is 0.333 e. The standard InChI is InChI=1S/C18H17ClN2O4S/c19-13-4-6-14(7-5-13)26(23,24)21-18(22)20-16-15-3-1-2-11(15)10-12-8-9-25-17(12)16/h4-7,10H,1-3,8-9H2,(H2,20,21,22). The van der Waals surface area contributed by atoms with Gasteiger partial charge in [0.05, 0.1) is 17.2 Å². The maximum absolute atomic E-state index is 12.4. The molecule has 0 bridgehead atoms. The number of anilines is 1. The molecule has 1 aliphatic heterocycles. The van der Waals surface area contributed by atoms with E-state index >= 15 is 0 Å². The van der Waals surface area contributed by atoms with E-state index in [1.54, 1.807) is 0 Å². The number of urea groups is 1. The van der Waals surface area contributed by atoms with Crippen molar-refractivity contribution in [1.82, 2.24) is 4.72 Å². The maximum Gasteiger partial charge on any atom is 0.333 e. The van der Waals surface area contributed by atoms with Gasteiger partial charge in [0.2, 0.25) is 0 Å². The number of nitrogens with one attached hydrogen (secondary N) is 2. The van der Waals surface area contributed by atoms with Crippen LogP contribution >= 0.6 is 11.6 Å². The number of hydrogen-bond donors (Lipinski definition) is 2. The molecule has 26 heavy (non-hydrogen) atoms. The van der Waals surface area contributed by atoms with E-state index < -0.39 is 16.1 Å². The third kappa shape index (κ3) is 3.12. The fourth-order valence-electron chi connectivity index (χ4n) is 3.46. The zero-order valence-corrected chi connectivity index (χ0v) is 15.4. The molecule has 2 aromatic rings. The predicted molar refractivity (Wildman–Crippen MR) is 98.5 cm³/mol. The average Bonchev–Trinajstić information content (AvgIpc) is 3.23. The molecule has 2 aromatic carbocycles. The van der Waals surface area contributed by atoms with Crippen molar-refractivity contribution >= 4 is 33.3 Å². The molecule has 2 amide bonds. The number of ether oxygens (including phenoxy) is 1. The average molecular weight is 393 g/mol. The summed E-state index contributed by atoms with van der Waals surface area (Å²) in [5, 5.41) is 3.12. The van der Waals surface area contributed by atoms with Crippen molar-refractivity contribution in [2.75, 3.05) is 11.9 Å². The van der Waals surface area contributed by atoms with Gasteiger partial charge in [0.15, 0.2) is 0 Å². The highest BCUT2D eigenvalue weighted by Gasteiger charge is 2.27. The number of sulfonamides is 1. The monoisotopic (exact) mass is 392 g/mol. The van der Waals surface area contributed by atoms with Crippen molar-refractivity contribution in [2.24, 2.45) is 0 Å². The Hall–Kier alpha value is -2.25. The lowest BCUT2D eigenvalue weighted by Gasteiger charge is -2.15. The molecule has 0 saturated heterocycles. The first-order valence-corrected chi connectivity index (χ1v) is 10.2. The Morgan fingerprint density at radius 1 is 1.08 bits per heavy atom. The van der Waals surface area contributed by atoms with Gasteiger partial charge in [0, 0.05) is 11.4 Å². The molecule has 2 N–H and O–H groups in total. The molecule has 2 aliphatic rings. The minimum absolute atomic E-state index is 0.0307. The molecule has 1 heterocycles. The summed E-state index contributed by atoms with van der Waals surface area (Å²) >= 11 is 5.77. The first-order chi connectivity index (χ1) is 12.4. The normalized spacial score (nSPS) is 15.1. The van der Waals surface area contributed by atoms with Crippen LogP contribution < -0.4 is 14.8 Å². The highest BCUT2D eigenvalue weighted by atomic mass is 35.5. The lowest BCUT2D eigenvalue weighted by atomic mass is 10.0. The number of carbonyl (C=O) groups excluding carboxylic acids is 1. The fraction of sp³-hybridized carbons (Fsp3) is 0.278. The van der Waals surface area contributed by atoms with Crippen LogP contribution in [0.2, 0.25) is 5.02 Å². The number of aryl methyl sites for hydroxylation is 1. The Morgan fingerprint density at radius 3 is 2.62 bits per heavy atom. The minimum atomic E-state index is -3.99. The molecule has 0 fully saturated rings. The molecule has 1 aliphatic carbocycles. The third-order valence-corrected chi connectivity index (χ3v) is 6.24. The topological polar surface area (TPSA) is 84.5 Å². The van der Waals surface area contributed by atoms with Crippen LogP contribution in [0.5, 0.6) is 5.75 Å². The number of benzene rings is 2. The van der Waals surface area contributed by atoms with Crippen molar-refractivity contribution in [3.63, 3.8) is 0 Å². The van der Waals surface area contributed by atoms with Gasteiger partial charge in [-0.2, -0.15) is 0 Å². The van der Waals surface area contributed by atoms with Crippen LogP contribution in [0.3, 0.4) is 0 Å². The Balaban J connectivity index is 1.59. The van der Waals surface area contributed by atoms with Gasteiger partial charge in [-0.05, 0) is 60.2 Å². The zero-order valence-electron chi connectivity index (χ0n) is 13.8. The van der Waals surface area contributed by atoms with Crippen LogP contribution in [-0.2, 0) is 29.3 Å². The quantitative estimate of drug-likeness (QED) is 0.839. The summed E-state index contributed by atoms with van der Waals surface area (Å²) in [6.45, 7) is 0.567. The van der Waals surface area contributed by atoms with E-state index in [0.717, 1.165) is 36.8 Å². The lowest BCUT2D eigenvalue weighted by Crippen LogP contribution is -2.34. The highest BCUT2D eigenvalue weighted by Crippen LogP contribution is 2.42. The summed E-state index contributed by atoms with van der Waals surface area (Å²) in [5.74, 6) is 0.657. The minimum Gasteiger partial charge on any atom is -0.491 e. The summed E-state index contributed by atoms with van der Waals surface area (Å²) < 4.78 is 32.5. The van der Waals surface area contributed by atoms with E-state index in [1.807, 2.05) is 4.72 Å². The highest BCUT2D eigenvalue weighted by molar-refractivity contribution is 7.90. The molecule has 0 unspecified atom stereocenters. The van der Waals surface area contributed by atoms with Gasteiger partial charge < -0.3 is 10.1 Å². The summed E-state index contributed by atoms with van der Waals surface area (Å²) in [5.41, 5.74) is 3.88. The van der Waals surface area contributed by atoms with E-state index in [1.165, 1.54) is 29.8 Å². The van der Waals surface area contributed by atoms with Crippen molar-refractivity contribution < 1.29 is 17.9 Å². The summed E-state index contributed by atoms with van der Waals surface area (Å²) in [7, 11) is -3.99. The zero-order chi connectivity index (χ0) is 18.3. The Bertz CT molecular complexity index is 955. The third-order valence-electron chi connectivity index (χ3n) is 4.64. The molecule has 6 nitrogen and oxygen atoms in total. The molecule has 0 aromatic heterocycles. The maximum atomic E-state index is 12.4. The van der Waals surface area contributed by atoms with Crippen LogP contribution in [0.25, 0.3) is 0 Å². The van der Waals surface area contributed by atoms with Crippen LogP contribution in [0, 0.1) is 0 Å². The number of hydrogen-bond acceptors (Lipinski definition) is 4. The van der Waals surface area contributed by atoms with Gasteiger partial charge in [0.25, 0.3) is 10.0 Å². The second-order valence-corrected chi connectivity index (χ2v) is 8.46. The fourth-order valence-corrected chi connectivity index (χ4v) is 4.50. The molecule has 0 atom stereocenters. The Morgan fingerprint density at radius 2 is 1.85 bits per heavy atom. The van der Waals surface area contributed by atoms with Gasteiger partial charge >= 0.3 is 6.03 Å². The Kier molecular flexibility index (Phi) is 4.28. The van der Waals surface area contributed by atoms with E-state index in [0.29, 0.717) is 23.1 Å². The van der Waals surface area contributed by atoms with Gasteiger partial charge in [-0.1, -0.05) is 17.7 Å². The molecular weight excluding hydrogens is 376 g/mol. The van der Waals surface area contributed by atoms with Crippen LogP contribution in [-0.4, -0.2) is 21.1 Å². The summed E-state index contributed by atoms with van der Waals surface area (Å²) in [6, 6.07) is 6.94. The first-order valence-electron chi connectivity index (χ1n) is 8.34. The van der Waals surface area contributed by atoms with Gasteiger partial charge in [-0.3, -0.25) is 0 Å². The molecule has 4 rings (SSSR count). The summed E-state index contributed by atoms with van der Waals surface area (Å²) in [6.07, 6.45) is 3.60. The predicted octanol–water partition coefficient (Wildman–Crippen LogP) is 3.27. The SMILES string of the molecule is O=C(Nc1c2c(cc3c1OCC3)CCC2)NS(=O)(=O)c1ccc(Cl)cc1. The Labute approximate surface area is 156 Å². The number of halogens is 1. The van der Waals surface area contributed by atoms with Crippen molar-refractivity contribution in [2.45, 2.75) is 30.6 Å². The van der Waals surface area contributed by atoms with E-state index in [2.05, 4.69) is 11.4 Å². The lowest BCUT2D eigenvalue weighted by molar-refractivity contribution is 0.256. The van der Waals surface area contributed by atoms with Crippen molar-refractivity contribution in [1.29, 1.82) is 0 Å². The molecule has 8 heteroatoms. The number of amides is 2. The van der Waals surface area contributed by atoms with Crippen LogP contribution in [0.4, 0.5) is 10.5 Å². The van der Waals surface area contributed by atoms with Gasteiger partial charge in [-0.25, -0.2) is 17.9 Å². The molecular formula is C18H17ClN2O4S. The second-order valence-electron chi connectivity index (χ2n) is 6.34. The van der Waals surface area contributed by atoms with Crippen molar-refractivity contribution in [3.8, 4) is 5.75 Å². The number of rotatable bonds is 3. The molecule has 0 spiro atoms. The first kappa shape index (κ1) is 17.2. The van der Waals surface area contributed by atoms with E-state index in [4.69, 9.17) is 16.3 Å². The van der Waals surface area contributed by atoms with Gasteiger partial charge in [-0.15, -0.1) is 0 Å². The van der Waals surface area contributed by atoms with E-state index in [-0.39, 0.29) is 4.90 Å². The second kappa shape index (κ2) is 6.48.